The van der Waals surface area contributed by atoms with Crippen molar-refractivity contribution in [3.8, 4) is 11.8 Å². The van der Waals surface area contributed by atoms with Crippen LogP contribution in [0.3, 0.4) is 0 Å². The van der Waals surface area contributed by atoms with Crippen LogP contribution >= 0.6 is 0 Å². The predicted octanol–water partition coefficient (Wildman–Crippen LogP) is 1.84. The molecule has 3 heterocycles. The normalized spacial score (nSPS) is 22.1. The lowest BCUT2D eigenvalue weighted by atomic mass is 9.99. The number of hydrogen-bond donors (Lipinski definition) is 1. The van der Waals surface area contributed by atoms with Crippen LogP contribution < -0.4 is 10.5 Å². The van der Waals surface area contributed by atoms with E-state index in [0.717, 1.165) is 19.3 Å². The molecule has 2 fully saturated rings. The average molecular weight is 396 g/mol. The smallest absolute Gasteiger partial charge is 0.252 e. The van der Waals surface area contributed by atoms with E-state index in [9.17, 15) is 14.9 Å². The number of hydrogen-bond acceptors (Lipinski definition) is 6. The largest absolute Gasteiger partial charge is 0.493 e. The van der Waals surface area contributed by atoms with Crippen LogP contribution in [-0.2, 0) is 4.79 Å². The van der Waals surface area contributed by atoms with Crippen molar-refractivity contribution in [2.75, 3.05) is 33.3 Å². The van der Waals surface area contributed by atoms with Gasteiger partial charge in [0.1, 0.15) is 11.8 Å². The van der Waals surface area contributed by atoms with Crippen LogP contribution in [0.1, 0.15) is 41.3 Å². The summed E-state index contributed by atoms with van der Waals surface area (Å²) < 4.78 is 11.4. The highest BCUT2D eigenvalue weighted by molar-refractivity contribution is 6.07. The number of fused-ring (bicyclic) bond motifs is 1. The maximum atomic E-state index is 12.6. The van der Waals surface area contributed by atoms with Crippen molar-refractivity contribution in [2.45, 2.75) is 31.2 Å². The fraction of sp³-hybridized carbons (Fsp3) is 0.476. The lowest BCUT2D eigenvalue weighted by Crippen LogP contribution is -2.41. The molecule has 0 spiro atoms. The maximum Gasteiger partial charge on any atom is 0.252 e. The lowest BCUT2D eigenvalue weighted by molar-refractivity contribution is -0.132. The zero-order valence-corrected chi connectivity index (χ0v) is 16.4. The Bertz CT molecular complexity index is 992. The quantitative estimate of drug-likeness (QED) is 0.825. The van der Waals surface area contributed by atoms with Crippen LogP contribution in [-0.4, -0.2) is 60.9 Å². The van der Waals surface area contributed by atoms with E-state index in [0.29, 0.717) is 47.7 Å². The molecule has 0 aliphatic carbocycles. The summed E-state index contributed by atoms with van der Waals surface area (Å²) >= 11 is 0. The van der Waals surface area contributed by atoms with Crippen molar-refractivity contribution in [3.05, 3.63) is 29.5 Å². The number of methoxy groups -OCH3 is 1. The second-order valence-corrected chi connectivity index (χ2v) is 7.64. The van der Waals surface area contributed by atoms with Crippen molar-refractivity contribution in [1.82, 2.24) is 9.80 Å². The van der Waals surface area contributed by atoms with Gasteiger partial charge >= 0.3 is 0 Å². The average Bonchev–Trinajstić information content (AvgIpc) is 3.44. The van der Waals surface area contributed by atoms with Crippen LogP contribution in [0.15, 0.2) is 22.6 Å². The fourth-order valence-corrected chi connectivity index (χ4v) is 4.49. The number of furan rings is 1. The Morgan fingerprint density at radius 3 is 2.90 bits per heavy atom. The Labute approximate surface area is 168 Å². The van der Waals surface area contributed by atoms with Crippen LogP contribution in [0.2, 0.25) is 0 Å². The van der Waals surface area contributed by atoms with E-state index >= 15 is 0 Å². The van der Waals surface area contributed by atoms with Gasteiger partial charge in [0.2, 0.25) is 5.91 Å². The third-order valence-electron chi connectivity index (χ3n) is 5.90. The Kier molecular flexibility index (Phi) is 5.16. The number of likely N-dealkylation sites (tertiary alicyclic amines) is 2. The van der Waals surface area contributed by atoms with Crippen molar-refractivity contribution < 1.29 is 18.7 Å². The van der Waals surface area contributed by atoms with Gasteiger partial charge in [-0.1, -0.05) is 12.1 Å². The topological polar surface area (TPSA) is 113 Å². The van der Waals surface area contributed by atoms with Crippen LogP contribution in [0.5, 0.6) is 5.75 Å². The summed E-state index contributed by atoms with van der Waals surface area (Å²) in [6.45, 7) is 2.22. The van der Waals surface area contributed by atoms with E-state index in [2.05, 4.69) is 11.0 Å². The van der Waals surface area contributed by atoms with Crippen molar-refractivity contribution in [3.63, 3.8) is 0 Å². The molecule has 8 heteroatoms. The van der Waals surface area contributed by atoms with Crippen LogP contribution in [0.4, 0.5) is 0 Å². The standard InChI is InChI=1S/C21H24N4O4/c1-28-16-6-2-5-15-18(21(23)27)19(29-20(15)16)13-7-9-24(11-13)12-17(26)25-8-3-4-14(25)10-22/h2,5-6,13-14H,3-4,7-9,11-12H2,1H3,(H2,23,27). The third kappa shape index (κ3) is 3.42. The molecule has 2 amide bonds. The highest BCUT2D eigenvalue weighted by atomic mass is 16.5. The molecule has 8 nitrogen and oxygen atoms in total. The Morgan fingerprint density at radius 1 is 1.34 bits per heavy atom. The molecule has 1 aromatic carbocycles. The maximum absolute atomic E-state index is 12.6. The van der Waals surface area contributed by atoms with E-state index in [1.165, 1.54) is 0 Å². The van der Waals surface area contributed by atoms with Crippen LogP contribution in [0, 0.1) is 11.3 Å². The first-order chi connectivity index (χ1) is 14.0. The van der Waals surface area contributed by atoms with Gasteiger partial charge in [0.15, 0.2) is 11.3 Å². The molecule has 152 valence electrons. The molecule has 2 aliphatic rings. The van der Waals surface area contributed by atoms with Crippen LogP contribution in [0.25, 0.3) is 11.0 Å². The molecule has 2 aromatic rings. The van der Waals surface area contributed by atoms with E-state index < -0.39 is 5.91 Å². The molecule has 0 bridgehead atoms. The number of nitriles is 1. The Balaban J connectivity index is 1.54. The summed E-state index contributed by atoms with van der Waals surface area (Å²) in [5, 5.41) is 9.86. The summed E-state index contributed by atoms with van der Waals surface area (Å²) in [5.41, 5.74) is 6.57. The predicted molar refractivity (Wildman–Crippen MR) is 105 cm³/mol. The number of nitrogens with zero attached hydrogens (tertiary/aromatic N) is 3. The number of rotatable bonds is 5. The summed E-state index contributed by atoms with van der Waals surface area (Å²) in [7, 11) is 1.55. The van der Waals surface area contributed by atoms with Gasteiger partial charge in [-0.05, 0) is 31.9 Å². The number of para-hydroxylation sites is 1. The summed E-state index contributed by atoms with van der Waals surface area (Å²) in [4.78, 5) is 28.5. The molecular formula is C21H24N4O4. The molecule has 2 N–H and O–H groups in total. The highest BCUT2D eigenvalue weighted by Gasteiger charge is 2.35. The number of benzene rings is 1. The van der Waals surface area contributed by atoms with E-state index in [1.807, 2.05) is 0 Å². The number of carbonyl (C=O) groups is 2. The molecule has 0 radical (unpaired) electrons. The monoisotopic (exact) mass is 396 g/mol. The summed E-state index contributed by atoms with van der Waals surface area (Å²) in [5.74, 6) is 0.528. The first-order valence-electron chi connectivity index (χ1n) is 9.84. The van der Waals surface area contributed by atoms with E-state index in [1.54, 1.807) is 30.2 Å². The molecule has 2 atom stereocenters. The molecule has 2 aliphatic heterocycles. The zero-order chi connectivity index (χ0) is 20.5. The van der Waals surface area contributed by atoms with Gasteiger partial charge < -0.3 is 19.8 Å². The van der Waals surface area contributed by atoms with Crippen molar-refractivity contribution in [2.24, 2.45) is 5.73 Å². The van der Waals surface area contributed by atoms with Gasteiger partial charge in [-0.15, -0.1) is 0 Å². The molecule has 29 heavy (non-hydrogen) atoms. The molecular weight excluding hydrogens is 372 g/mol. The third-order valence-corrected chi connectivity index (χ3v) is 5.90. The summed E-state index contributed by atoms with van der Waals surface area (Å²) in [6, 6.07) is 7.28. The Morgan fingerprint density at radius 2 is 2.17 bits per heavy atom. The highest BCUT2D eigenvalue weighted by Crippen LogP contribution is 2.39. The first kappa shape index (κ1) is 19.3. The van der Waals surface area contributed by atoms with E-state index in [4.69, 9.17) is 14.9 Å². The number of primary amides is 1. The van der Waals surface area contributed by atoms with Gasteiger partial charge in [-0.3, -0.25) is 14.5 Å². The number of nitrogens with two attached hydrogens (primary N) is 1. The zero-order valence-electron chi connectivity index (χ0n) is 16.4. The minimum absolute atomic E-state index is 0.0175. The van der Waals surface area contributed by atoms with Gasteiger partial charge in [0, 0.05) is 24.4 Å². The number of carbonyl (C=O) groups excluding carboxylic acids is 2. The second-order valence-electron chi connectivity index (χ2n) is 7.64. The van der Waals surface area contributed by atoms with Gasteiger partial charge in [-0.25, -0.2) is 0 Å². The fourth-order valence-electron chi connectivity index (χ4n) is 4.49. The first-order valence-corrected chi connectivity index (χ1v) is 9.84. The van der Waals surface area contributed by atoms with Crippen molar-refractivity contribution >= 4 is 22.8 Å². The lowest BCUT2D eigenvalue weighted by Gasteiger charge is -2.23. The molecule has 1 aromatic heterocycles. The molecule has 4 rings (SSSR count). The minimum atomic E-state index is -0.532. The molecule has 2 unspecified atom stereocenters. The minimum Gasteiger partial charge on any atom is -0.493 e. The van der Waals surface area contributed by atoms with E-state index in [-0.39, 0.29) is 24.4 Å². The van der Waals surface area contributed by atoms with Gasteiger partial charge in [-0.2, -0.15) is 5.26 Å². The van der Waals surface area contributed by atoms with Gasteiger partial charge in [0.25, 0.3) is 5.91 Å². The Hall–Kier alpha value is -3.05. The summed E-state index contributed by atoms with van der Waals surface area (Å²) in [6.07, 6.45) is 2.38. The second kappa shape index (κ2) is 7.76. The van der Waals surface area contributed by atoms with Crippen molar-refractivity contribution in [1.29, 1.82) is 5.26 Å². The number of ether oxygens (including phenoxy) is 1. The molecule has 0 saturated carbocycles. The number of amides is 2. The van der Waals surface area contributed by atoms with Gasteiger partial charge in [0.05, 0.1) is 25.3 Å². The molecule has 2 saturated heterocycles. The SMILES string of the molecule is COc1cccc2c(C(N)=O)c(C3CCN(CC(=O)N4CCCC4C#N)C3)oc12.